The Hall–Kier alpha value is -4.68. The molecule has 0 fully saturated rings. The number of hydrogen-bond donors (Lipinski definition) is 0. The van der Waals surface area contributed by atoms with Gasteiger partial charge in [-0.2, -0.15) is 0 Å². The van der Waals surface area contributed by atoms with E-state index in [1.165, 1.54) is 110 Å². The van der Waals surface area contributed by atoms with Gasteiger partial charge in [-0.15, -0.1) is 0 Å². The minimum absolute atomic E-state index is 0.00475. The van der Waals surface area contributed by atoms with Crippen LogP contribution in [0, 0.1) is 20.9 Å². The summed E-state index contributed by atoms with van der Waals surface area (Å²) in [5.41, 5.74) is 21.1. The van der Waals surface area contributed by atoms with Crippen LogP contribution in [0.4, 0.5) is 0 Å². The first-order chi connectivity index (χ1) is 30.8. The topological polar surface area (TPSA) is 0 Å². The highest BCUT2D eigenvalue weighted by atomic mass is 14.4. The molecule has 0 unspecified atom stereocenters. The van der Waals surface area contributed by atoms with Crippen LogP contribution in [0.25, 0.3) is 44.5 Å². The molecule has 6 aromatic carbocycles. The normalized spacial score (nSPS) is 13.9. The average Bonchev–Trinajstić information content (AvgIpc) is 3.18. The largest absolute Gasteiger partial charge is 0.0616 e. The van der Waals surface area contributed by atoms with E-state index >= 15 is 0 Å². The fourth-order valence-corrected chi connectivity index (χ4v) is 10.6. The SMILES string of the molecule is CC(C)(C)c1ccc(-c2c(-c3ccc(C(C)(C)C)cc3C(C)(C)C)c(-c3ccc(C(C)(C)C)cc3C(C)(C)C)c3c(c2-c2ccc(C(C)(C)C)cc2C(C)(C)C)=c2ccccc2=3)c(C(C)(C)C)c1. The van der Waals surface area contributed by atoms with Gasteiger partial charge >= 0.3 is 0 Å². The average molecular weight is 905 g/mol. The van der Waals surface area contributed by atoms with Crippen LogP contribution in [0.3, 0.4) is 0 Å². The van der Waals surface area contributed by atoms with Crippen molar-refractivity contribution in [3.8, 4) is 44.5 Å². The van der Waals surface area contributed by atoms with Gasteiger partial charge in [0.1, 0.15) is 0 Å². The van der Waals surface area contributed by atoms with Crippen molar-refractivity contribution in [3.63, 3.8) is 0 Å². The quantitative estimate of drug-likeness (QED) is 0.165. The lowest BCUT2D eigenvalue weighted by atomic mass is 9.68. The van der Waals surface area contributed by atoms with E-state index in [9.17, 15) is 0 Å². The monoisotopic (exact) mass is 905 g/mol. The molecule has 0 amide bonds. The Morgan fingerprint density at radius 1 is 0.221 bits per heavy atom. The highest BCUT2D eigenvalue weighted by Gasteiger charge is 2.36. The lowest BCUT2D eigenvalue weighted by Crippen LogP contribution is -2.21. The molecular formula is C68H88. The molecule has 360 valence electrons. The standard InChI is InChI=1S/C68H88/c1-61(2,3)41-29-33-47(51(37-41)65(13,14)15)57-55-45-27-25-26-28-46(45)56(55)58(48-34-30-42(62(4,5)6)38-52(48)66(16,17)18)60(50-36-32-44(64(10,11)12)40-54(50)68(22,23)24)59(57)49-35-31-43(63(7,8)9)39-53(49)67(19,20)21/h25-40H,1-24H3. The summed E-state index contributed by atoms with van der Waals surface area (Å²) in [6, 6.07) is 39.4. The molecule has 0 N–H and O–H groups in total. The van der Waals surface area contributed by atoms with E-state index in [-0.39, 0.29) is 43.3 Å². The van der Waals surface area contributed by atoms with Gasteiger partial charge in [0.15, 0.2) is 0 Å². The van der Waals surface area contributed by atoms with E-state index in [1.54, 1.807) is 0 Å². The highest BCUT2D eigenvalue weighted by Crippen LogP contribution is 2.55. The van der Waals surface area contributed by atoms with Crippen molar-refractivity contribution in [2.45, 2.75) is 209 Å². The maximum Gasteiger partial charge on any atom is -0.000730 e. The molecule has 1 aliphatic carbocycles. The van der Waals surface area contributed by atoms with Crippen LogP contribution < -0.4 is 0 Å². The first kappa shape index (κ1) is 51.2. The molecule has 6 aromatic rings. The molecule has 0 heterocycles. The highest BCUT2D eigenvalue weighted by molar-refractivity contribution is 6.05. The molecule has 0 bridgehead atoms. The Bertz CT molecular complexity index is 2930. The fourth-order valence-electron chi connectivity index (χ4n) is 10.6. The van der Waals surface area contributed by atoms with Gasteiger partial charge in [-0.05, 0) is 153 Å². The molecule has 0 atom stereocenters. The molecule has 0 saturated heterocycles. The smallest absolute Gasteiger partial charge is 0.000730 e. The van der Waals surface area contributed by atoms with E-state index < -0.39 is 0 Å². The third kappa shape index (κ3) is 9.37. The van der Waals surface area contributed by atoms with Gasteiger partial charge in [-0.25, -0.2) is 0 Å². The summed E-state index contributed by atoms with van der Waals surface area (Å²) < 4.78 is 0. The van der Waals surface area contributed by atoms with E-state index in [2.05, 4.69) is 263 Å². The van der Waals surface area contributed by atoms with Crippen LogP contribution in [-0.4, -0.2) is 0 Å². The Morgan fingerprint density at radius 3 is 0.618 bits per heavy atom. The third-order valence-electron chi connectivity index (χ3n) is 14.8. The summed E-state index contributed by atoms with van der Waals surface area (Å²) in [6.07, 6.45) is 0. The van der Waals surface area contributed by atoms with E-state index in [0.717, 1.165) is 0 Å². The summed E-state index contributed by atoms with van der Waals surface area (Å²) in [5.74, 6) is 0. The Morgan fingerprint density at radius 2 is 0.426 bits per heavy atom. The lowest BCUT2D eigenvalue weighted by Gasteiger charge is -2.35. The fraction of sp³-hybridized carbons (Fsp3) is 0.471. The van der Waals surface area contributed by atoms with Crippen LogP contribution in [0.1, 0.15) is 211 Å². The maximum atomic E-state index is 2.56. The van der Waals surface area contributed by atoms with Gasteiger partial charge in [-0.3, -0.25) is 0 Å². The van der Waals surface area contributed by atoms with Crippen molar-refractivity contribution >= 4 is 0 Å². The number of hydrogen-bond acceptors (Lipinski definition) is 0. The molecular weight excluding hydrogens is 817 g/mol. The zero-order valence-corrected chi connectivity index (χ0v) is 47.2. The minimum Gasteiger partial charge on any atom is -0.0616 e. The Balaban J connectivity index is 1.95. The van der Waals surface area contributed by atoms with E-state index in [0.29, 0.717) is 0 Å². The zero-order valence-electron chi connectivity index (χ0n) is 47.2. The molecule has 0 radical (unpaired) electrons. The van der Waals surface area contributed by atoms with Gasteiger partial charge in [0, 0.05) is 0 Å². The van der Waals surface area contributed by atoms with Gasteiger partial charge in [0.25, 0.3) is 0 Å². The van der Waals surface area contributed by atoms with Gasteiger partial charge in [0.05, 0.1) is 0 Å². The van der Waals surface area contributed by atoms with E-state index in [1.807, 2.05) is 0 Å². The molecule has 0 saturated carbocycles. The van der Waals surface area contributed by atoms with E-state index in [4.69, 9.17) is 0 Å². The molecule has 0 spiro atoms. The Kier molecular flexibility index (Phi) is 12.4. The van der Waals surface area contributed by atoms with Crippen molar-refractivity contribution in [1.82, 2.24) is 0 Å². The lowest BCUT2D eigenvalue weighted by molar-refractivity contribution is 0.568. The molecule has 0 heteroatoms. The predicted octanol–water partition coefficient (Wildman–Crippen LogP) is 19.6. The van der Waals surface area contributed by atoms with Crippen LogP contribution in [0.5, 0.6) is 0 Å². The van der Waals surface area contributed by atoms with Gasteiger partial charge in [-0.1, -0.05) is 263 Å². The van der Waals surface area contributed by atoms with Gasteiger partial charge < -0.3 is 0 Å². The van der Waals surface area contributed by atoms with Gasteiger partial charge in [0.2, 0.25) is 0 Å². The third-order valence-corrected chi connectivity index (χ3v) is 14.8. The molecule has 0 nitrogen and oxygen atoms in total. The first-order valence-corrected chi connectivity index (χ1v) is 25.8. The van der Waals surface area contributed by atoms with Crippen LogP contribution in [0.2, 0.25) is 0 Å². The summed E-state index contributed by atoms with van der Waals surface area (Å²) in [6.45, 7) is 57.4. The molecule has 1 aliphatic rings. The summed E-state index contributed by atoms with van der Waals surface area (Å²) in [4.78, 5) is 0. The predicted molar refractivity (Wildman–Crippen MR) is 300 cm³/mol. The van der Waals surface area contributed by atoms with Crippen LogP contribution in [-0.2, 0) is 43.3 Å². The van der Waals surface area contributed by atoms with Crippen LogP contribution in [0.15, 0.2) is 97.1 Å². The maximum absolute atomic E-state index is 2.56. The zero-order chi connectivity index (χ0) is 50.9. The molecule has 0 aliphatic heterocycles. The molecule has 0 aromatic heterocycles. The van der Waals surface area contributed by atoms with Crippen molar-refractivity contribution in [2.75, 3.05) is 0 Å². The minimum atomic E-state index is -0.164. The summed E-state index contributed by atoms with van der Waals surface area (Å²) >= 11 is 0. The molecule has 68 heavy (non-hydrogen) atoms. The number of rotatable bonds is 4. The van der Waals surface area contributed by atoms with Crippen molar-refractivity contribution in [1.29, 1.82) is 0 Å². The Labute approximate surface area is 414 Å². The van der Waals surface area contributed by atoms with Crippen LogP contribution >= 0.6 is 0 Å². The second kappa shape index (κ2) is 16.5. The second-order valence-electron chi connectivity index (χ2n) is 28.8. The summed E-state index contributed by atoms with van der Waals surface area (Å²) in [7, 11) is 0. The van der Waals surface area contributed by atoms with Crippen molar-refractivity contribution < 1.29 is 0 Å². The summed E-state index contributed by atoms with van der Waals surface area (Å²) in [5, 5.41) is 5.45. The first-order valence-electron chi connectivity index (χ1n) is 25.8. The van der Waals surface area contributed by atoms with Crippen molar-refractivity contribution in [3.05, 3.63) is 162 Å². The number of benzene rings is 6. The number of fused-ring (bicyclic) bond motifs is 2. The van der Waals surface area contributed by atoms with Crippen molar-refractivity contribution in [2.24, 2.45) is 0 Å². The molecule has 7 rings (SSSR count). The second-order valence-corrected chi connectivity index (χ2v) is 28.8.